The fourth-order valence-electron chi connectivity index (χ4n) is 3.08. The molecule has 1 aromatic carbocycles. The van der Waals surface area contributed by atoms with E-state index in [0.717, 1.165) is 12.8 Å². The van der Waals surface area contributed by atoms with Crippen LogP contribution in [0.3, 0.4) is 0 Å². The monoisotopic (exact) mass is 316 g/mol. The van der Waals surface area contributed by atoms with Crippen molar-refractivity contribution >= 4 is 11.8 Å². The van der Waals surface area contributed by atoms with E-state index in [1.165, 1.54) is 19.3 Å². The van der Waals surface area contributed by atoms with E-state index < -0.39 is 6.04 Å². The Morgan fingerprint density at radius 1 is 1.09 bits per heavy atom. The summed E-state index contributed by atoms with van der Waals surface area (Å²) in [6.07, 6.45) is 6.36. The number of carbonyl (C=O) groups is 2. The summed E-state index contributed by atoms with van der Waals surface area (Å²) in [7, 11) is 0. The second-order valence-electron chi connectivity index (χ2n) is 6.87. The van der Waals surface area contributed by atoms with Crippen LogP contribution in [0, 0.1) is 5.92 Å². The minimum atomic E-state index is -0.468. The van der Waals surface area contributed by atoms with Crippen LogP contribution in [0.25, 0.3) is 0 Å². The SMILES string of the molecule is CC(C)C[C@H](NC(=O)c1ccccc1)C(=O)NC1CCCCC1. The van der Waals surface area contributed by atoms with Gasteiger partial charge < -0.3 is 10.6 Å². The van der Waals surface area contributed by atoms with Crippen LogP contribution in [0.2, 0.25) is 0 Å². The fraction of sp³-hybridized carbons (Fsp3) is 0.579. The molecule has 0 heterocycles. The van der Waals surface area contributed by atoms with Gasteiger partial charge in [-0.1, -0.05) is 51.3 Å². The lowest BCUT2D eigenvalue weighted by molar-refractivity contribution is -0.124. The van der Waals surface area contributed by atoms with E-state index in [1.54, 1.807) is 12.1 Å². The Bertz CT molecular complexity index is 507. The Balaban J connectivity index is 1.97. The van der Waals surface area contributed by atoms with E-state index in [-0.39, 0.29) is 17.9 Å². The van der Waals surface area contributed by atoms with Crippen molar-refractivity contribution < 1.29 is 9.59 Å². The summed E-state index contributed by atoms with van der Waals surface area (Å²) in [5.41, 5.74) is 0.590. The van der Waals surface area contributed by atoms with Crippen LogP contribution in [-0.2, 0) is 4.79 Å². The fourth-order valence-corrected chi connectivity index (χ4v) is 3.08. The molecular weight excluding hydrogens is 288 g/mol. The molecule has 2 rings (SSSR count). The lowest BCUT2D eigenvalue weighted by atomic mass is 9.94. The number of amides is 2. The number of hydrogen-bond acceptors (Lipinski definition) is 2. The average Bonchev–Trinajstić information content (AvgIpc) is 2.55. The van der Waals surface area contributed by atoms with Crippen molar-refractivity contribution in [2.24, 2.45) is 5.92 Å². The van der Waals surface area contributed by atoms with Crippen molar-refractivity contribution in [2.75, 3.05) is 0 Å². The van der Waals surface area contributed by atoms with Gasteiger partial charge in [0.25, 0.3) is 5.91 Å². The van der Waals surface area contributed by atoms with Gasteiger partial charge >= 0.3 is 0 Å². The first-order valence-electron chi connectivity index (χ1n) is 8.72. The van der Waals surface area contributed by atoms with Gasteiger partial charge in [-0.2, -0.15) is 0 Å². The highest BCUT2D eigenvalue weighted by molar-refractivity contribution is 5.97. The summed E-state index contributed by atoms with van der Waals surface area (Å²) in [6.45, 7) is 4.13. The largest absolute Gasteiger partial charge is 0.352 e. The van der Waals surface area contributed by atoms with E-state index in [1.807, 2.05) is 18.2 Å². The molecular formula is C19H28N2O2. The van der Waals surface area contributed by atoms with Crippen molar-refractivity contribution in [1.29, 1.82) is 0 Å². The second kappa shape index (κ2) is 8.70. The van der Waals surface area contributed by atoms with Crippen molar-refractivity contribution in [3.63, 3.8) is 0 Å². The minimum Gasteiger partial charge on any atom is -0.352 e. The summed E-state index contributed by atoms with van der Waals surface area (Å²) in [5, 5.41) is 6.03. The van der Waals surface area contributed by atoms with Crippen LogP contribution in [0.1, 0.15) is 62.7 Å². The highest BCUT2D eigenvalue weighted by Crippen LogP contribution is 2.18. The highest BCUT2D eigenvalue weighted by Gasteiger charge is 2.25. The van der Waals surface area contributed by atoms with Gasteiger partial charge in [0.2, 0.25) is 5.91 Å². The predicted octanol–water partition coefficient (Wildman–Crippen LogP) is 3.28. The summed E-state index contributed by atoms with van der Waals surface area (Å²) in [6, 6.07) is 8.85. The van der Waals surface area contributed by atoms with Crippen LogP contribution >= 0.6 is 0 Å². The quantitative estimate of drug-likeness (QED) is 0.846. The normalized spacial score (nSPS) is 16.8. The maximum absolute atomic E-state index is 12.6. The molecule has 23 heavy (non-hydrogen) atoms. The summed E-state index contributed by atoms with van der Waals surface area (Å²) >= 11 is 0. The Kier molecular flexibility index (Phi) is 6.63. The molecule has 0 unspecified atom stereocenters. The minimum absolute atomic E-state index is 0.0464. The standard InChI is InChI=1S/C19H28N2O2/c1-14(2)13-17(19(23)20-16-11-7-4-8-12-16)21-18(22)15-9-5-3-6-10-15/h3,5-6,9-10,14,16-17H,4,7-8,11-13H2,1-2H3,(H,20,23)(H,21,22)/t17-/m0/s1. The first kappa shape index (κ1) is 17.5. The van der Waals surface area contributed by atoms with Crippen molar-refractivity contribution in [1.82, 2.24) is 10.6 Å². The Morgan fingerprint density at radius 2 is 1.74 bits per heavy atom. The molecule has 2 amide bonds. The molecule has 4 nitrogen and oxygen atoms in total. The topological polar surface area (TPSA) is 58.2 Å². The molecule has 0 saturated heterocycles. The molecule has 1 aromatic rings. The number of carbonyl (C=O) groups excluding carboxylic acids is 2. The van der Waals surface area contributed by atoms with Gasteiger partial charge in [0.05, 0.1) is 0 Å². The lowest BCUT2D eigenvalue weighted by Gasteiger charge is -2.26. The number of benzene rings is 1. The van der Waals surface area contributed by atoms with E-state index in [2.05, 4.69) is 24.5 Å². The van der Waals surface area contributed by atoms with Crippen molar-refractivity contribution in [3.8, 4) is 0 Å². The summed E-state index contributed by atoms with van der Waals surface area (Å²) < 4.78 is 0. The van der Waals surface area contributed by atoms with Gasteiger partial charge in [-0.3, -0.25) is 9.59 Å². The Labute approximate surface area is 139 Å². The maximum atomic E-state index is 12.6. The maximum Gasteiger partial charge on any atom is 0.251 e. The second-order valence-corrected chi connectivity index (χ2v) is 6.87. The lowest BCUT2D eigenvalue weighted by Crippen LogP contribution is -2.50. The van der Waals surface area contributed by atoms with Gasteiger partial charge in [0.15, 0.2) is 0 Å². The molecule has 1 atom stereocenters. The molecule has 1 aliphatic rings. The first-order chi connectivity index (χ1) is 11.1. The van der Waals surface area contributed by atoms with Crippen LogP contribution in [-0.4, -0.2) is 23.9 Å². The molecule has 0 spiro atoms. The molecule has 1 aliphatic carbocycles. The molecule has 1 saturated carbocycles. The third-order valence-electron chi connectivity index (χ3n) is 4.32. The third kappa shape index (κ3) is 5.70. The zero-order valence-electron chi connectivity index (χ0n) is 14.2. The molecule has 2 N–H and O–H groups in total. The third-order valence-corrected chi connectivity index (χ3v) is 4.32. The number of rotatable bonds is 6. The Morgan fingerprint density at radius 3 is 2.35 bits per heavy atom. The first-order valence-corrected chi connectivity index (χ1v) is 8.72. The van der Waals surface area contributed by atoms with Crippen LogP contribution in [0.4, 0.5) is 0 Å². The molecule has 126 valence electrons. The van der Waals surface area contributed by atoms with E-state index in [4.69, 9.17) is 0 Å². The summed E-state index contributed by atoms with van der Waals surface area (Å²) in [5.74, 6) is 0.109. The van der Waals surface area contributed by atoms with Crippen LogP contribution in [0.5, 0.6) is 0 Å². The number of hydrogen-bond donors (Lipinski definition) is 2. The molecule has 0 aromatic heterocycles. The Hall–Kier alpha value is -1.84. The van der Waals surface area contributed by atoms with Gasteiger partial charge in [0.1, 0.15) is 6.04 Å². The zero-order chi connectivity index (χ0) is 16.7. The molecule has 0 radical (unpaired) electrons. The smallest absolute Gasteiger partial charge is 0.251 e. The predicted molar refractivity (Wildman–Crippen MR) is 92.2 cm³/mol. The van der Waals surface area contributed by atoms with Crippen LogP contribution in [0.15, 0.2) is 30.3 Å². The number of nitrogens with one attached hydrogen (secondary N) is 2. The summed E-state index contributed by atoms with van der Waals surface area (Å²) in [4.78, 5) is 24.9. The van der Waals surface area contributed by atoms with Crippen LogP contribution < -0.4 is 10.6 Å². The van der Waals surface area contributed by atoms with Gasteiger partial charge in [0, 0.05) is 11.6 Å². The van der Waals surface area contributed by atoms with Gasteiger partial charge in [-0.25, -0.2) is 0 Å². The average molecular weight is 316 g/mol. The van der Waals surface area contributed by atoms with E-state index >= 15 is 0 Å². The molecule has 0 aliphatic heterocycles. The van der Waals surface area contributed by atoms with E-state index in [0.29, 0.717) is 17.9 Å². The molecule has 1 fully saturated rings. The van der Waals surface area contributed by atoms with Crippen molar-refractivity contribution in [2.45, 2.75) is 64.5 Å². The van der Waals surface area contributed by atoms with Gasteiger partial charge in [-0.15, -0.1) is 0 Å². The van der Waals surface area contributed by atoms with Crippen molar-refractivity contribution in [3.05, 3.63) is 35.9 Å². The van der Waals surface area contributed by atoms with E-state index in [9.17, 15) is 9.59 Å². The van der Waals surface area contributed by atoms with Gasteiger partial charge in [-0.05, 0) is 37.3 Å². The molecule has 0 bridgehead atoms. The highest BCUT2D eigenvalue weighted by atomic mass is 16.2. The zero-order valence-corrected chi connectivity index (χ0v) is 14.2. The molecule has 4 heteroatoms.